The van der Waals surface area contributed by atoms with Gasteiger partial charge in [0.2, 0.25) is 0 Å². The molecule has 1 aliphatic heterocycles. The summed E-state index contributed by atoms with van der Waals surface area (Å²) in [6, 6.07) is 6.56. The van der Waals surface area contributed by atoms with Crippen LogP contribution in [0.5, 0.6) is 0 Å². The highest BCUT2D eigenvalue weighted by atomic mass is 35.5. The maximum Gasteiger partial charge on any atom is 0.353 e. The molecule has 1 fully saturated rings. The summed E-state index contributed by atoms with van der Waals surface area (Å²) in [5.41, 5.74) is 1.37. The molecule has 126 valence electrons. The number of carboxylic acid groups (broad SMARTS) is 1. The van der Waals surface area contributed by atoms with E-state index in [4.69, 9.17) is 16.7 Å². The first kappa shape index (κ1) is 16.3. The predicted molar refractivity (Wildman–Crippen MR) is 91.0 cm³/mol. The molecule has 1 aliphatic rings. The molecule has 0 bridgehead atoms. The Bertz CT molecular complexity index is 768. The van der Waals surface area contributed by atoms with Gasteiger partial charge in [-0.3, -0.25) is 9.89 Å². The molecule has 0 atom stereocenters. The molecular weight excluding hydrogens is 332 g/mol. The SMILES string of the molecule is O=C(Nc1cc(Cl)ccc1N1CCCCC1)c1cc(C(=O)O)[nH]n1. The minimum atomic E-state index is -1.17. The number of carboxylic acids is 1. The average molecular weight is 349 g/mol. The highest BCUT2D eigenvalue weighted by Gasteiger charge is 2.19. The lowest BCUT2D eigenvalue weighted by atomic mass is 10.1. The molecule has 0 aliphatic carbocycles. The van der Waals surface area contributed by atoms with Gasteiger partial charge in [-0.15, -0.1) is 0 Å². The van der Waals surface area contributed by atoms with Crippen LogP contribution in [-0.4, -0.2) is 40.3 Å². The van der Waals surface area contributed by atoms with Crippen LogP contribution < -0.4 is 10.2 Å². The number of hydrogen-bond donors (Lipinski definition) is 3. The molecule has 3 rings (SSSR count). The lowest BCUT2D eigenvalue weighted by Crippen LogP contribution is -2.30. The number of piperidine rings is 1. The molecule has 24 heavy (non-hydrogen) atoms. The number of nitrogens with one attached hydrogen (secondary N) is 2. The summed E-state index contributed by atoms with van der Waals surface area (Å²) in [5, 5.41) is 18.2. The monoisotopic (exact) mass is 348 g/mol. The van der Waals surface area contributed by atoms with Crippen LogP contribution in [0.1, 0.15) is 40.2 Å². The normalized spacial score (nSPS) is 14.5. The summed E-state index contributed by atoms with van der Waals surface area (Å²) in [6.45, 7) is 1.85. The summed E-state index contributed by atoms with van der Waals surface area (Å²) in [6.07, 6.45) is 3.42. The first-order chi connectivity index (χ1) is 11.5. The standard InChI is InChI=1S/C16H17ClN4O3/c17-10-4-5-14(21-6-2-1-3-7-21)11(8-10)18-15(22)12-9-13(16(23)24)20-19-12/h4-5,8-9H,1-3,6-7H2,(H,18,22)(H,19,20)(H,23,24). The average Bonchev–Trinajstić information content (AvgIpc) is 3.06. The summed E-state index contributed by atoms with van der Waals surface area (Å²) in [5.74, 6) is -1.66. The van der Waals surface area contributed by atoms with Crippen molar-refractivity contribution in [1.82, 2.24) is 10.2 Å². The van der Waals surface area contributed by atoms with Gasteiger partial charge in [0.05, 0.1) is 11.4 Å². The quantitative estimate of drug-likeness (QED) is 0.789. The second-order valence-electron chi connectivity index (χ2n) is 5.64. The first-order valence-electron chi connectivity index (χ1n) is 7.69. The third kappa shape index (κ3) is 3.51. The Morgan fingerprint density at radius 1 is 1.21 bits per heavy atom. The predicted octanol–water partition coefficient (Wildman–Crippen LogP) is 3.00. The Kier molecular flexibility index (Phi) is 4.71. The van der Waals surface area contributed by atoms with Gasteiger partial charge >= 0.3 is 5.97 Å². The lowest BCUT2D eigenvalue weighted by molar-refractivity contribution is 0.0690. The molecule has 2 aromatic rings. The Morgan fingerprint density at radius 2 is 1.96 bits per heavy atom. The fraction of sp³-hybridized carbons (Fsp3) is 0.312. The van der Waals surface area contributed by atoms with Gasteiger partial charge < -0.3 is 15.3 Å². The number of aromatic amines is 1. The smallest absolute Gasteiger partial charge is 0.353 e. The van der Waals surface area contributed by atoms with Gasteiger partial charge in [0.15, 0.2) is 5.69 Å². The van der Waals surface area contributed by atoms with E-state index in [0.717, 1.165) is 31.6 Å². The van der Waals surface area contributed by atoms with Crippen LogP contribution in [0.2, 0.25) is 5.02 Å². The zero-order valence-corrected chi connectivity index (χ0v) is 13.6. The van der Waals surface area contributed by atoms with Gasteiger partial charge in [0, 0.05) is 24.2 Å². The number of aromatic carboxylic acids is 1. The van der Waals surface area contributed by atoms with Crippen molar-refractivity contribution in [3.63, 3.8) is 0 Å². The number of amides is 1. The molecule has 0 radical (unpaired) electrons. The zero-order valence-electron chi connectivity index (χ0n) is 12.9. The van der Waals surface area contributed by atoms with Crippen molar-refractivity contribution < 1.29 is 14.7 Å². The molecule has 1 aromatic carbocycles. The minimum Gasteiger partial charge on any atom is -0.477 e. The second kappa shape index (κ2) is 6.92. The highest BCUT2D eigenvalue weighted by molar-refractivity contribution is 6.31. The van der Waals surface area contributed by atoms with Crippen LogP contribution in [0.3, 0.4) is 0 Å². The third-order valence-corrected chi connectivity index (χ3v) is 4.18. The summed E-state index contributed by atoms with van der Waals surface area (Å²) < 4.78 is 0. The van der Waals surface area contributed by atoms with Gasteiger partial charge in [-0.1, -0.05) is 11.6 Å². The van der Waals surface area contributed by atoms with Crippen LogP contribution in [0, 0.1) is 0 Å². The number of halogens is 1. The Labute approximate surface area is 143 Å². The summed E-state index contributed by atoms with van der Waals surface area (Å²) in [7, 11) is 0. The molecule has 1 aromatic heterocycles. The highest BCUT2D eigenvalue weighted by Crippen LogP contribution is 2.31. The van der Waals surface area contributed by atoms with Crippen LogP contribution >= 0.6 is 11.6 Å². The molecule has 7 nitrogen and oxygen atoms in total. The summed E-state index contributed by atoms with van der Waals surface area (Å²) >= 11 is 6.06. The Morgan fingerprint density at radius 3 is 2.62 bits per heavy atom. The van der Waals surface area contributed by atoms with E-state index in [1.807, 2.05) is 6.07 Å². The third-order valence-electron chi connectivity index (χ3n) is 3.94. The first-order valence-corrected chi connectivity index (χ1v) is 8.07. The topological polar surface area (TPSA) is 98.3 Å². The van der Waals surface area contributed by atoms with Gasteiger partial charge in [-0.25, -0.2) is 4.79 Å². The van der Waals surface area contributed by atoms with Crippen molar-refractivity contribution in [2.75, 3.05) is 23.3 Å². The van der Waals surface area contributed by atoms with E-state index in [-0.39, 0.29) is 11.4 Å². The number of hydrogen-bond acceptors (Lipinski definition) is 4. The Balaban J connectivity index is 1.83. The van der Waals surface area contributed by atoms with Crippen molar-refractivity contribution in [3.05, 3.63) is 40.7 Å². The molecule has 0 saturated carbocycles. The number of rotatable bonds is 4. The maximum atomic E-state index is 12.3. The number of nitrogens with zero attached hydrogens (tertiary/aromatic N) is 2. The van der Waals surface area contributed by atoms with E-state index < -0.39 is 11.9 Å². The van der Waals surface area contributed by atoms with Crippen LogP contribution in [0.15, 0.2) is 24.3 Å². The molecule has 1 amide bonds. The number of aromatic nitrogens is 2. The molecule has 0 unspecified atom stereocenters. The number of anilines is 2. The van der Waals surface area contributed by atoms with Crippen LogP contribution in [0.4, 0.5) is 11.4 Å². The zero-order chi connectivity index (χ0) is 17.1. The number of H-pyrrole nitrogens is 1. The van der Waals surface area contributed by atoms with Crippen LogP contribution in [-0.2, 0) is 0 Å². The lowest BCUT2D eigenvalue weighted by Gasteiger charge is -2.30. The van der Waals surface area contributed by atoms with E-state index >= 15 is 0 Å². The van der Waals surface area contributed by atoms with Gasteiger partial charge in [-0.2, -0.15) is 5.10 Å². The fourth-order valence-electron chi connectivity index (χ4n) is 2.75. The largest absolute Gasteiger partial charge is 0.477 e. The van der Waals surface area contributed by atoms with Gasteiger partial charge in [0.1, 0.15) is 5.69 Å². The minimum absolute atomic E-state index is 0.0111. The molecular formula is C16H17ClN4O3. The van der Waals surface area contributed by atoms with Crippen molar-refractivity contribution in [2.45, 2.75) is 19.3 Å². The van der Waals surface area contributed by atoms with E-state index in [2.05, 4.69) is 20.4 Å². The van der Waals surface area contributed by atoms with Crippen molar-refractivity contribution >= 4 is 34.9 Å². The molecule has 3 N–H and O–H groups in total. The number of carbonyl (C=O) groups excluding carboxylic acids is 1. The molecule has 2 heterocycles. The van der Waals surface area contributed by atoms with Crippen molar-refractivity contribution in [1.29, 1.82) is 0 Å². The van der Waals surface area contributed by atoms with Crippen molar-refractivity contribution in [3.8, 4) is 0 Å². The maximum absolute atomic E-state index is 12.3. The van der Waals surface area contributed by atoms with E-state index in [1.54, 1.807) is 12.1 Å². The van der Waals surface area contributed by atoms with Gasteiger partial charge in [-0.05, 0) is 37.5 Å². The van der Waals surface area contributed by atoms with E-state index in [0.29, 0.717) is 10.7 Å². The number of carbonyl (C=O) groups is 2. The van der Waals surface area contributed by atoms with Crippen LogP contribution in [0.25, 0.3) is 0 Å². The molecule has 1 saturated heterocycles. The second-order valence-corrected chi connectivity index (χ2v) is 6.07. The van der Waals surface area contributed by atoms with Crippen molar-refractivity contribution in [2.24, 2.45) is 0 Å². The number of benzene rings is 1. The van der Waals surface area contributed by atoms with Gasteiger partial charge in [0.25, 0.3) is 5.91 Å². The molecule has 8 heteroatoms. The fourth-order valence-corrected chi connectivity index (χ4v) is 2.92. The summed E-state index contributed by atoms with van der Waals surface area (Å²) in [4.78, 5) is 25.4. The van der Waals surface area contributed by atoms with E-state index in [1.165, 1.54) is 12.5 Å². The Hall–Kier alpha value is -2.54. The van der Waals surface area contributed by atoms with E-state index in [9.17, 15) is 9.59 Å². The molecule has 0 spiro atoms.